The second-order valence-corrected chi connectivity index (χ2v) is 6.44. The number of carbonyl (C=O) groups is 1. The van der Waals surface area contributed by atoms with Gasteiger partial charge in [-0.05, 0) is 55.3 Å². The second kappa shape index (κ2) is 8.84. The van der Waals surface area contributed by atoms with Crippen molar-refractivity contribution in [1.82, 2.24) is 15.2 Å². The zero-order valence-electron chi connectivity index (χ0n) is 16.7. The van der Waals surface area contributed by atoms with E-state index < -0.39 is 11.5 Å². The average Bonchev–Trinajstić information content (AvgIpc) is 2.75. The SMILES string of the molecule is COc1ccc(/C=N/NC(=O)c2nn(-c3ccccc3C)c(=O)c(C#N)c2C)cc1. The summed E-state index contributed by atoms with van der Waals surface area (Å²) in [5.74, 6) is 0.0783. The van der Waals surface area contributed by atoms with Crippen molar-refractivity contribution in [2.75, 3.05) is 7.11 Å². The number of para-hydroxylation sites is 1. The van der Waals surface area contributed by atoms with E-state index in [4.69, 9.17) is 4.74 Å². The van der Waals surface area contributed by atoms with E-state index in [0.29, 0.717) is 11.4 Å². The van der Waals surface area contributed by atoms with Gasteiger partial charge in [-0.25, -0.2) is 5.43 Å². The number of aromatic nitrogens is 2. The molecule has 1 heterocycles. The third-order valence-corrected chi connectivity index (χ3v) is 4.50. The van der Waals surface area contributed by atoms with Crippen LogP contribution in [0.3, 0.4) is 0 Å². The van der Waals surface area contributed by atoms with Gasteiger partial charge >= 0.3 is 0 Å². The molecule has 8 heteroatoms. The first-order chi connectivity index (χ1) is 14.5. The van der Waals surface area contributed by atoms with Gasteiger partial charge in [-0.1, -0.05) is 18.2 Å². The number of hydrazone groups is 1. The van der Waals surface area contributed by atoms with Crippen molar-refractivity contribution in [1.29, 1.82) is 5.26 Å². The predicted molar refractivity (Wildman–Crippen MR) is 112 cm³/mol. The Labute approximate surface area is 173 Å². The van der Waals surface area contributed by atoms with Crippen molar-refractivity contribution in [2.24, 2.45) is 5.10 Å². The maximum Gasteiger partial charge on any atom is 0.292 e. The van der Waals surface area contributed by atoms with E-state index in [0.717, 1.165) is 15.8 Å². The average molecular weight is 401 g/mol. The topological polar surface area (TPSA) is 109 Å². The standard InChI is InChI=1S/C22H19N5O3/c1-14-6-4-5-7-19(14)27-22(29)18(12-23)15(2)20(26-27)21(28)25-24-13-16-8-10-17(30-3)11-9-16/h4-11,13H,1-3H3,(H,25,28)/b24-13+. The largest absolute Gasteiger partial charge is 0.497 e. The van der Waals surface area contributed by atoms with E-state index in [9.17, 15) is 14.9 Å². The highest BCUT2D eigenvalue weighted by atomic mass is 16.5. The number of aryl methyl sites for hydroxylation is 1. The molecule has 3 aromatic rings. The van der Waals surface area contributed by atoms with Gasteiger partial charge in [-0.15, -0.1) is 0 Å². The lowest BCUT2D eigenvalue weighted by molar-refractivity contribution is 0.0947. The molecule has 0 aliphatic carbocycles. The number of hydrogen-bond acceptors (Lipinski definition) is 6. The zero-order valence-corrected chi connectivity index (χ0v) is 16.7. The number of nitrogens with zero attached hydrogens (tertiary/aromatic N) is 4. The summed E-state index contributed by atoms with van der Waals surface area (Å²) in [6, 6.07) is 16.1. The quantitative estimate of drug-likeness (QED) is 0.522. The molecule has 1 aromatic heterocycles. The number of ether oxygens (including phenoxy) is 1. The van der Waals surface area contributed by atoms with E-state index >= 15 is 0 Å². The predicted octanol–water partition coefficient (Wildman–Crippen LogP) is 2.49. The number of amides is 1. The first-order valence-corrected chi connectivity index (χ1v) is 9.03. The number of nitrogens with one attached hydrogen (secondary N) is 1. The molecule has 0 fully saturated rings. The van der Waals surface area contributed by atoms with Crippen LogP contribution in [0.5, 0.6) is 5.75 Å². The van der Waals surface area contributed by atoms with Crippen molar-refractivity contribution in [2.45, 2.75) is 13.8 Å². The van der Waals surface area contributed by atoms with Gasteiger partial charge in [0.15, 0.2) is 5.69 Å². The Morgan fingerprint density at radius 1 is 1.20 bits per heavy atom. The van der Waals surface area contributed by atoms with Crippen molar-refractivity contribution < 1.29 is 9.53 Å². The van der Waals surface area contributed by atoms with E-state index in [1.807, 2.05) is 25.1 Å². The summed E-state index contributed by atoms with van der Waals surface area (Å²) in [5.41, 5.74) is 3.84. The molecule has 30 heavy (non-hydrogen) atoms. The number of carbonyl (C=O) groups excluding carboxylic acids is 1. The lowest BCUT2D eigenvalue weighted by Crippen LogP contribution is -2.31. The summed E-state index contributed by atoms with van der Waals surface area (Å²) in [6.45, 7) is 3.32. The Hall–Kier alpha value is -4.25. The summed E-state index contributed by atoms with van der Waals surface area (Å²) in [5, 5.41) is 17.6. The number of benzene rings is 2. The fourth-order valence-electron chi connectivity index (χ4n) is 2.83. The Balaban J connectivity index is 1.94. The van der Waals surface area contributed by atoms with Crippen LogP contribution in [0.1, 0.15) is 32.7 Å². The molecule has 8 nitrogen and oxygen atoms in total. The summed E-state index contributed by atoms with van der Waals surface area (Å²) >= 11 is 0. The molecule has 2 aromatic carbocycles. The van der Waals surface area contributed by atoms with Crippen LogP contribution < -0.4 is 15.7 Å². The molecule has 0 spiro atoms. The van der Waals surface area contributed by atoms with Gasteiger partial charge in [0, 0.05) is 5.56 Å². The molecule has 150 valence electrons. The van der Waals surface area contributed by atoms with Crippen LogP contribution in [-0.4, -0.2) is 29.0 Å². The van der Waals surface area contributed by atoms with E-state index in [1.165, 1.54) is 13.1 Å². The van der Waals surface area contributed by atoms with Gasteiger partial charge in [-0.2, -0.15) is 20.1 Å². The minimum Gasteiger partial charge on any atom is -0.497 e. The van der Waals surface area contributed by atoms with E-state index in [2.05, 4.69) is 15.6 Å². The molecule has 0 aliphatic rings. The Kier molecular flexibility index (Phi) is 6.03. The molecule has 1 amide bonds. The molecule has 0 bridgehead atoms. The highest BCUT2D eigenvalue weighted by molar-refractivity contribution is 5.94. The fourth-order valence-corrected chi connectivity index (χ4v) is 2.83. The van der Waals surface area contributed by atoms with Gasteiger partial charge in [0.1, 0.15) is 17.4 Å². The molecule has 0 unspecified atom stereocenters. The van der Waals surface area contributed by atoms with Gasteiger partial charge in [0.05, 0.1) is 19.0 Å². The fraction of sp³-hybridized carbons (Fsp3) is 0.136. The van der Waals surface area contributed by atoms with Crippen LogP contribution in [0.15, 0.2) is 58.4 Å². The first-order valence-electron chi connectivity index (χ1n) is 9.03. The summed E-state index contributed by atoms with van der Waals surface area (Å²) < 4.78 is 6.17. The third kappa shape index (κ3) is 4.10. The van der Waals surface area contributed by atoms with Crippen molar-refractivity contribution in [3.63, 3.8) is 0 Å². The van der Waals surface area contributed by atoms with Gasteiger partial charge in [-0.3, -0.25) is 9.59 Å². The number of nitriles is 1. The Morgan fingerprint density at radius 3 is 2.53 bits per heavy atom. The highest BCUT2D eigenvalue weighted by Crippen LogP contribution is 2.14. The molecular formula is C22H19N5O3. The maximum absolute atomic E-state index is 12.7. The molecule has 1 N–H and O–H groups in total. The lowest BCUT2D eigenvalue weighted by atomic mass is 10.1. The van der Waals surface area contributed by atoms with Crippen LogP contribution in [-0.2, 0) is 0 Å². The van der Waals surface area contributed by atoms with Gasteiger partial charge < -0.3 is 4.74 Å². The van der Waals surface area contributed by atoms with Crippen LogP contribution in [0, 0.1) is 25.2 Å². The minimum atomic E-state index is -0.629. The van der Waals surface area contributed by atoms with Crippen LogP contribution in [0.2, 0.25) is 0 Å². The molecule has 0 saturated heterocycles. The summed E-state index contributed by atoms with van der Waals surface area (Å²) in [6.07, 6.45) is 1.47. The molecule has 0 aliphatic heterocycles. The Bertz CT molecular complexity index is 1220. The molecule has 3 rings (SSSR count). The molecular weight excluding hydrogens is 382 g/mol. The third-order valence-electron chi connectivity index (χ3n) is 4.50. The number of hydrogen-bond donors (Lipinski definition) is 1. The molecule has 0 radical (unpaired) electrons. The van der Waals surface area contributed by atoms with E-state index in [-0.39, 0.29) is 16.8 Å². The zero-order chi connectivity index (χ0) is 21.7. The van der Waals surface area contributed by atoms with Crippen LogP contribution >= 0.6 is 0 Å². The number of rotatable bonds is 5. The lowest BCUT2D eigenvalue weighted by Gasteiger charge is -2.12. The van der Waals surface area contributed by atoms with E-state index in [1.54, 1.807) is 43.5 Å². The van der Waals surface area contributed by atoms with Crippen molar-refractivity contribution in [3.8, 4) is 17.5 Å². The highest BCUT2D eigenvalue weighted by Gasteiger charge is 2.20. The second-order valence-electron chi connectivity index (χ2n) is 6.44. The van der Waals surface area contributed by atoms with Crippen molar-refractivity contribution >= 4 is 12.1 Å². The van der Waals surface area contributed by atoms with Gasteiger partial charge in [0.25, 0.3) is 11.5 Å². The normalized spacial score (nSPS) is 10.6. The monoisotopic (exact) mass is 401 g/mol. The smallest absolute Gasteiger partial charge is 0.292 e. The maximum atomic E-state index is 12.7. The summed E-state index contributed by atoms with van der Waals surface area (Å²) in [4.78, 5) is 25.4. The first kappa shape index (κ1) is 20.5. The molecule has 0 atom stereocenters. The molecule has 0 saturated carbocycles. The van der Waals surface area contributed by atoms with Crippen LogP contribution in [0.25, 0.3) is 5.69 Å². The minimum absolute atomic E-state index is 0.0544. The van der Waals surface area contributed by atoms with Crippen molar-refractivity contribution in [3.05, 3.63) is 86.8 Å². The summed E-state index contributed by atoms with van der Waals surface area (Å²) in [7, 11) is 1.57. The van der Waals surface area contributed by atoms with Gasteiger partial charge in [0.2, 0.25) is 0 Å². The Morgan fingerprint density at radius 2 is 1.90 bits per heavy atom. The van der Waals surface area contributed by atoms with Crippen LogP contribution in [0.4, 0.5) is 0 Å². The number of methoxy groups -OCH3 is 1.